The topological polar surface area (TPSA) is 77.9 Å². The molecule has 6 heteroatoms. The van der Waals surface area contributed by atoms with Gasteiger partial charge in [-0.15, -0.1) is 0 Å². The fourth-order valence-corrected chi connectivity index (χ4v) is 2.17. The number of imide groups is 1. The van der Waals surface area contributed by atoms with E-state index in [2.05, 4.69) is 0 Å². The van der Waals surface area contributed by atoms with Crippen LogP contribution >= 0.6 is 0 Å². The lowest BCUT2D eigenvalue weighted by Crippen LogP contribution is -2.49. The summed E-state index contributed by atoms with van der Waals surface area (Å²) in [5.41, 5.74) is 0. The average Bonchev–Trinajstić information content (AvgIpc) is 2.73. The maximum Gasteiger partial charge on any atom is 0.408 e. The van der Waals surface area contributed by atoms with Gasteiger partial charge >= 0.3 is 6.09 Å². The molecule has 0 aromatic heterocycles. The van der Waals surface area contributed by atoms with Gasteiger partial charge in [-0.3, -0.25) is 19.4 Å². The summed E-state index contributed by atoms with van der Waals surface area (Å²) < 4.78 is 0. The largest absolute Gasteiger partial charge is 0.465 e. The molecule has 1 N–H and O–H groups in total. The maximum absolute atomic E-state index is 11.4. The van der Waals surface area contributed by atoms with Crippen molar-refractivity contribution in [3.63, 3.8) is 0 Å². The molecule has 2 aliphatic heterocycles. The summed E-state index contributed by atoms with van der Waals surface area (Å²) in [6, 6.07) is 0. The number of likely N-dealkylation sites (tertiary alicyclic amines) is 2. The Balaban J connectivity index is 2.18. The molecule has 15 heavy (non-hydrogen) atoms. The summed E-state index contributed by atoms with van der Waals surface area (Å²) in [4.78, 5) is 36.0. The van der Waals surface area contributed by atoms with E-state index in [-0.39, 0.29) is 24.7 Å². The smallest absolute Gasteiger partial charge is 0.408 e. The highest BCUT2D eigenvalue weighted by molar-refractivity contribution is 6.02. The Morgan fingerprint density at radius 2 is 1.87 bits per heavy atom. The van der Waals surface area contributed by atoms with Gasteiger partial charge in [-0.1, -0.05) is 0 Å². The Kier molecular flexibility index (Phi) is 2.34. The lowest BCUT2D eigenvalue weighted by atomic mass is 10.3. The Morgan fingerprint density at radius 3 is 2.40 bits per heavy atom. The molecule has 2 rings (SSSR count). The summed E-state index contributed by atoms with van der Waals surface area (Å²) in [7, 11) is 0. The number of hydrogen-bond acceptors (Lipinski definition) is 3. The number of carboxylic acid groups (broad SMARTS) is 1. The fraction of sp³-hybridized carbons (Fsp3) is 0.667. The molecule has 1 unspecified atom stereocenters. The highest BCUT2D eigenvalue weighted by atomic mass is 16.4. The molecule has 3 amide bonds. The zero-order valence-corrected chi connectivity index (χ0v) is 8.18. The first kappa shape index (κ1) is 9.95. The van der Waals surface area contributed by atoms with Crippen LogP contribution in [-0.4, -0.2) is 45.5 Å². The molecule has 1 atom stereocenters. The van der Waals surface area contributed by atoms with Gasteiger partial charge in [-0.05, 0) is 12.8 Å². The highest BCUT2D eigenvalue weighted by Crippen LogP contribution is 2.25. The van der Waals surface area contributed by atoms with E-state index in [0.717, 1.165) is 4.90 Å². The molecule has 2 aliphatic rings. The van der Waals surface area contributed by atoms with Crippen molar-refractivity contribution < 1.29 is 19.5 Å². The second-order valence-electron chi connectivity index (χ2n) is 3.76. The van der Waals surface area contributed by atoms with Crippen molar-refractivity contribution >= 4 is 17.9 Å². The minimum atomic E-state index is -1.06. The maximum atomic E-state index is 11.4. The molecule has 0 aromatic rings. The summed E-state index contributed by atoms with van der Waals surface area (Å²) >= 11 is 0. The third-order valence-electron chi connectivity index (χ3n) is 2.85. The van der Waals surface area contributed by atoms with Crippen LogP contribution in [0.25, 0.3) is 0 Å². The van der Waals surface area contributed by atoms with Crippen molar-refractivity contribution in [2.45, 2.75) is 31.8 Å². The van der Waals surface area contributed by atoms with E-state index in [1.165, 1.54) is 4.90 Å². The van der Waals surface area contributed by atoms with Crippen LogP contribution in [0.4, 0.5) is 4.79 Å². The minimum Gasteiger partial charge on any atom is -0.465 e. The third kappa shape index (κ3) is 1.55. The zero-order chi connectivity index (χ0) is 11.0. The zero-order valence-electron chi connectivity index (χ0n) is 8.18. The predicted molar refractivity (Wildman–Crippen MR) is 48.8 cm³/mol. The number of nitrogens with zero attached hydrogens (tertiary/aromatic N) is 2. The molecule has 0 bridgehead atoms. The number of carbonyl (C=O) groups excluding carboxylic acids is 2. The van der Waals surface area contributed by atoms with Crippen LogP contribution in [0.15, 0.2) is 0 Å². The van der Waals surface area contributed by atoms with E-state index in [0.29, 0.717) is 19.4 Å². The van der Waals surface area contributed by atoms with Crippen molar-refractivity contribution in [2.75, 3.05) is 6.54 Å². The first-order valence-electron chi connectivity index (χ1n) is 4.95. The summed E-state index contributed by atoms with van der Waals surface area (Å²) in [6.07, 6.45) is 0.0543. The van der Waals surface area contributed by atoms with Crippen LogP contribution in [0.1, 0.15) is 25.7 Å². The number of hydrogen-bond donors (Lipinski definition) is 1. The van der Waals surface area contributed by atoms with Gasteiger partial charge in [0.2, 0.25) is 11.8 Å². The van der Waals surface area contributed by atoms with Crippen LogP contribution in [-0.2, 0) is 9.59 Å². The first-order valence-corrected chi connectivity index (χ1v) is 4.95. The van der Waals surface area contributed by atoms with Crippen LogP contribution in [0, 0.1) is 0 Å². The van der Waals surface area contributed by atoms with Gasteiger partial charge in [0.25, 0.3) is 0 Å². The molecule has 82 valence electrons. The van der Waals surface area contributed by atoms with Crippen LogP contribution in [0.3, 0.4) is 0 Å². The standard InChI is InChI=1S/C9H12N2O4/c12-7-3-4-8(13)11(7)6-2-1-5-10(6)9(14)15/h6H,1-5H2,(H,14,15). The Hall–Kier alpha value is -1.59. The van der Waals surface area contributed by atoms with Gasteiger partial charge in [-0.25, -0.2) is 4.79 Å². The third-order valence-corrected chi connectivity index (χ3v) is 2.85. The van der Waals surface area contributed by atoms with E-state index < -0.39 is 12.3 Å². The highest BCUT2D eigenvalue weighted by Gasteiger charge is 2.41. The molecule has 2 saturated heterocycles. The lowest BCUT2D eigenvalue weighted by Gasteiger charge is -2.28. The normalized spacial score (nSPS) is 26.5. The van der Waals surface area contributed by atoms with Crippen LogP contribution in [0.5, 0.6) is 0 Å². The predicted octanol–water partition coefficient (Wildman–Crippen LogP) is 0.235. The SMILES string of the molecule is O=C(O)N1CCCC1N1C(=O)CCC1=O. The van der Waals surface area contributed by atoms with E-state index in [9.17, 15) is 14.4 Å². The first-order chi connectivity index (χ1) is 7.11. The van der Waals surface area contributed by atoms with Gasteiger partial charge < -0.3 is 5.11 Å². The molecule has 0 saturated carbocycles. The fourth-order valence-electron chi connectivity index (χ4n) is 2.17. The van der Waals surface area contributed by atoms with E-state index in [1.54, 1.807) is 0 Å². The monoisotopic (exact) mass is 212 g/mol. The number of rotatable bonds is 1. The van der Waals surface area contributed by atoms with Crippen LogP contribution < -0.4 is 0 Å². The molecule has 6 nitrogen and oxygen atoms in total. The molecule has 2 fully saturated rings. The lowest BCUT2D eigenvalue weighted by molar-refractivity contribution is -0.143. The van der Waals surface area contributed by atoms with E-state index in [4.69, 9.17) is 5.11 Å². The summed E-state index contributed by atoms with van der Waals surface area (Å²) in [5.74, 6) is -0.503. The van der Waals surface area contributed by atoms with Crippen molar-refractivity contribution in [1.29, 1.82) is 0 Å². The van der Waals surface area contributed by atoms with Gasteiger partial charge in [-0.2, -0.15) is 0 Å². The van der Waals surface area contributed by atoms with Crippen molar-refractivity contribution in [3.05, 3.63) is 0 Å². The second-order valence-corrected chi connectivity index (χ2v) is 3.76. The van der Waals surface area contributed by atoms with Crippen molar-refractivity contribution in [1.82, 2.24) is 9.80 Å². The van der Waals surface area contributed by atoms with E-state index in [1.807, 2.05) is 0 Å². The number of carbonyl (C=O) groups is 3. The van der Waals surface area contributed by atoms with Gasteiger partial charge in [0.05, 0.1) is 0 Å². The molecule has 0 aromatic carbocycles. The Morgan fingerprint density at radius 1 is 1.27 bits per heavy atom. The second kappa shape index (κ2) is 3.52. The molecule has 0 spiro atoms. The molecule has 2 heterocycles. The number of amides is 3. The Bertz CT molecular complexity index is 312. The molecule has 0 aliphatic carbocycles. The van der Waals surface area contributed by atoms with Gasteiger partial charge in [0, 0.05) is 19.4 Å². The summed E-state index contributed by atoms with van der Waals surface area (Å²) in [5, 5.41) is 8.89. The van der Waals surface area contributed by atoms with Crippen LogP contribution in [0.2, 0.25) is 0 Å². The van der Waals surface area contributed by atoms with E-state index >= 15 is 0 Å². The van der Waals surface area contributed by atoms with Gasteiger partial charge in [0.15, 0.2) is 0 Å². The summed E-state index contributed by atoms with van der Waals surface area (Å²) in [6.45, 7) is 0.400. The van der Waals surface area contributed by atoms with Crippen molar-refractivity contribution in [3.8, 4) is 0 Å². The van der Waals surface area contributed by atoms with Gasteiger partial charge in [0.1, 0.15) is 6.17 Å². The molecular weight excluding hydrogens is 200 g/mol. The average molecular weight is 212 g/mol. The molecule has 0 radical (unpaired) electrons. The minimum absolute atomic E-state index is 0.211. The Labute approximate surface area is 86.4 Å². The molecular formula is C9H12N2O4. The quantitative estimate of drug-likeness (QED) is 0.631. The van der Waals surface area contributed by atoms with Crippen molar-refractivity contribution in [2.24, 2.45) is 0 Å².